The number of nitrogens with zero attached hydrogens (tertiary/aromatic N) is 1. The first-order valence-corrected chi connectivity index (χ1v) is 7.11. The van der Waals surface area contributed by atoms with Gasteiger partial charge in [-0.15, -0.1) is 0 Å². The average Bonchev–Trinajstić information content (AvgIpc) is 2.74. The van der Waals surface area contributed by atoms with Gasteiger partial charge in [-0.1, -0.05) is 42.1 Å². The zero-order valence-electron chi connectivity index (χ0n) is 10.7. The number of amides is 1. The van der Waals surface area contributed by atoms with E-state index in [9.17, 15) is 19.8 Å². The summed E-state index contributed by atoms with van der Waals surface area (Å²) in [6.07, 6.45) is -0.776. The summed E-state index contributed by atoms with van der Waals surface area (Å²) in [4.78, 5) is 25.4. The van der Waals surface area contributed by atoms with Crippen LogP contribution in [0, 0.1) is 5.92 Å². The number of aliphatic hydroxyl groups excluding tert-OH is 1. The highest BCUT2D eigenvalue weighted by atomic mass is 32.2. The Labute approximate surface area is 119 Å². The Morgan fingerprint density at radius 3 is 2.55 bits per heavy atom. The Kier molecular flexibility index (Phi) is 3.07. The smallest absolute Gasteiger partial charge is 0.353 e. The summed E-state index contributed by atoms with van der Waals surface area (Å²) in [5, 5.41) is 18.7. The molecule has 1 amide bonds. The van der Waals surface area contributed by atoms with Gasteiger partial charge in [-0.3, -0.25) is 9.69 Å². The van der Waals surface area contributed by atoms with Gasteiger partial charge in [0.05, 0.1) is 12.0 Å². The lowest BCUT2D eigenvalue weighted by Crippen LogP contribution is -2.60. The van der Waals surface area contributed by atoms with E-state index in [0.717, 1.165) is 5.56 Å². The molecule has 0 bridgehead atoms. The van der Waals surface area contributed by atoms with Crippen molar-refractivity contribution in [1.29, 1.82) is 0 Å². The number of aliphatic carboxylic acids is 1. The lowest BCUT2D eigenvalue weighted by atomic mass is 9.92. The molecule has 2 heterocycles. The van der Waals surface area contributed by atoms with Crippen LogP contribution in [0.1, 0.15) is 12.5 Å². The predicted molar refractivity (Wildman–Crippen MR) is 74.4 cm³/mol. The van der Waals surface area contributed by atoms with E-state index in [4.69, 9.17) is 0 Å². The zero-order chi connectivity index (χ0) is 14.4. The Hall–Kier alpha value is -1.79. The van der Waals surface area contributed by atoms with Gasteiger partial charge in [0, 0.05) is 4.91 Å². The van der Waals surface area contributed by atoms with Gasteiger partial charge in [0.1, 0.15) is 11.1 Å². The molecule has 1 aromatic rings. The fraction of sp³-hybridized carbons (Fsp3) is 0.286. The van der Waals surface area contributed by atoms with Crippen LogP contribution >= 0.6 is 11.8 Å². The van der Waals surface area contributed by atoms with E-state index in [-0.39, 0.29) is 17.0 Å². The molecule has 1 saturated heterocycles. The molecule has 2 aliphatic rings. The zero-order valence-corrected chi connectivity index (χ0v) is 11.5. The van der Waals surface area contributed by atoms with Crippen LogP contribution in [-0.2, 0) is 9.59 Å². The Morgan fingerprint density at radius 2 is 2.00 bits per heavy atom. The second-order valence-electron chi connectivity index (χ2n) is 4.83. The van der Waals surface area contributed by atoms with Crippen LogP contribution in [0.3, 0.4) is 0 Å². The summed E-state index contributed by atoms with van der Waals surface area (Å²) in [6, 6.07) is 9.14. The van der Waals surface area contributed by atoms with E-state index >= 15 is 0 Å². The van der Waals surface area contributed by atoms with Gasteiger partial charge in [0.15, 0.2) is 0 Å². The Morgan fingerprint density at radius 1 is 1.35 bits per heavy atom. The number of thioether (sulfide) groups is 1. The van der Waals surface area contributed by atoms with Crippen LogP contribution in [0.4, 0.5) is 0 Å². The van der Waals surface area contributed by atoms with Crippen molar-refractivity contribution in [2.45, 2.75) is 18.4 Å². The average molecular weight is 291 g/mol. The maximum Gasteiger partial charge on any atom is 0.353 e. The summed E-state index contributed by atoms with van der Waals surface area (Å²) in [7, 11) is 0. The van der Waals surface area contributed by atoms with Crippen LogP contribution < -0.4 is 0 Å². The van der Waals surface area contributed by atoms with Crippen LogP contribution in [-0.4, -0.2) is 38.5 Å². The van der Waals surface area contributed by atoms with Crippen molar-refractivity contribution in [3.8, 4) is 0 Å². The van der Waals surface area contributed by atoms with Gasteiger partial charge in [0.25, 0.3) is 0 Å². The third-order valence-corrected chi connectivity index (χ3v) is 4.95. The molecule has 1 aromatic carbocycles. The van der Waals surface area contributed by atoms with E-state index in [1.54, 1.807) is 6.92 Å². The van der Waals surface area contributed by atoms with E-state index in [0.29, 0.717) is 4.91 Å². The van der Waals surface area contributed by atoms with E-state index in [1.807, 2.05) is 30.3 Å². The number of carboxylic acids is 1. The minimum atomic E-state index is -1.11. The van der Waals surface area contributed by atoms with Gasteiger partial charge >= 0.3 is 5.97 Å². The summed E-state index contributed by atoms with van der Waals surface area (Å²) in [6.45, 7) is 1.56. The van der Waals surface area contributed by atoms with Gasteiger partial charge in [-0.05, 0) is 12.5 Å². The third-order valence-electron chi connectivity index (χ3n) is 3.54. The van der Waals surface area contributed by atoms with Crippen molar-refractivity contribution in [3.63, 3.8) is 0 Å². The number of carbonyl (C=O) groups excluding carboxylic acids is 1. The number of carboxylic acid groups (broad SMARTS) is 1. The fourth-order valence-electron chi connectivity index (χ4n) is 2.57. The van der Waals surface area contributed by atoms with Gasteiger partial charge in [0.2, 0.25) is 5.91 Å². The third kappa shape index (κ3) is 1.76. The summed E-state index contributed by atoms with van der Waals surface area (Å²) < 4.78 is 0. The Balaban J connectivity index is 2.03. The van der Waals surface area contributed by atoms with Gasteiger partial charge < -0.3 is 10.2 Å². The van der Waals surface area contributed by atoms with Crippen molar-refractivity contribution < 1.29 is 19.8 Å². The molecular weight excluding hydrogens is 278 g/mol. The number of fused-ring (bicyclic) bond motifs is 1. The lowest BCUT2D eigenvalue weighted by Gasteiger charge is -2.43. The molecule has 0 aliphatic carbocycles. The molecule has 2 N–H and O–H groups in total. The second kappa shape index (κ2) is 4.64. The van der Waals surface area contributed by atoms with E-state index in [2.05, 4.69) is 0 Å². The lowest BCUT2D eigenvalue weighted by molar-refractivity contribution is -0.156. The molecule has 0 aromatic heterocycles. The monoisotopic (exact) mass is 291 g/mol. The van der Waals surface area contributed by atoms with Crippen LogP contribution in [0.15, 0.2) is 36.0 Å². The van der Waals surface area contributed by atoms with Crippen LogP contribution in [0.25, 0.3) is 4.91 Å². The molecule has 6 heteroatoms. The fourth-order valence-corrected chi connectivity index (χ4v) is 4.19. The highest BCUT2D eigenvalue weighted by Crippen LogP contribution is 2.53. The molecule has 0 spiro atoms. The molecule has 0 saturated carbocycles. The van der Waals surface area contributed by atoms with Crippen LogP contribution in [0.5, 0.6) is 0 Å². The Bertz CT molecular complexity index is 611. The molecule has 20 heavy (non-hydrogen) atoms. The molecule has 1 unspecified atom stereocenters. The quantitative estimate of drug-likeness (QED) is 0.822. The highest BCUT2D eigenvalue weighted by Gasteiger charge is 2.57. The minimum Gasteiger partial charge on any atom is -0.477 e. The first kappa shape index (κ1) is 13.2. The normalized spacial score (nSPS) is 26.3. The maximum atomic E-state index is 12.0. The standard InChI is InChI=1S/C14H13NO4S/c1-7(16)9-12(17)15-10(14(18)19)11(20-13(9)15)8-5-3-2-4-6-8/h2-7,9,13,16H,1H3,(H,18,19)/t7-,9+,13?/m1/s1. The minimum absolute atomic E-state index is 0.0214. The van der Waals surface area contributed by atoms with E-state index < -0.39 is 18.0 Å². The number of β-lactam (4-membered cyclic amide) rings is 1. The molecule has 1 fully saturated rings. The molecule has 5 nitrogen and oxygen atoms in total. The van der Waals surface area contributed by atoms with Crippen molar-refractivity contribution >= 4 is 28.5 Å². The molecule has 3 atom stereocenters. The number of carbonyl (C=O) groups is 2. The summed E-state index contributed by atoms with van der Waals surface area (Å²) >= 11 is 1.33. The molecular formula is C14H13NO4S. The van der Waals surface area contributed by atoms with Crippen LogP contribution in [0.2, 0.25) is 0 Å². The van der Waals surface area contributed by atoms with Crippen molar-refractivity contribution in [1.82, 2.24) is 4.90 Å². The molecule has 3 rings (SSSR count). The largest absolute Gasteiger partial charge is 0.477 e. The number of aliphatic hydroxyl groups is 1. The predicted octanol–water partition coefficient (Wildman–Crippen LogP) is 1.35. The first-order valence-electron chi connectivity index (χ1n) is 6.23. The highest BCUT2D eigenvalue weighted by molar-refractivity contribution is 8.09. The van der Waals surface area contributed by atoms with Crippen molar-refractivity contribution in [2.75, 3.05) is 0 Å². The first-order chi connectivity index (χ1) is 9.52. The molecule has 104 valence electrons. The second-order valence-corrected chi connectivity index (χ2v) is 5.96. The summed E-state index contributed by atoms with van der Waals surface area (Å²) in [5.41, 5.74) is 0.801. The van der Waals surface area contributed by atoms with E-state index in [1.165, 1.54) is 16.7 Å². The van der Waals surface area contributed by atoms with Crippen molar-refractivity contribution in [3.05, 3.63) is 41.6 Å². The molecule has 0 radical (unpaired) electrons. The topological polar surface area (TPSA) is 77.8 Å². The van der Waals surface area contributed by atoms with Crippen molar-refractivity contribution in [2.24, 2.45) is 5.92 Å². The summed E-state index contributed by atoms with van der Waals surface area (Å²) in [5.74, 6) is -1.97. The number of hydrogen-bond acceptors (Lipinski definition) is 4. The number of hydrogen-bond donors (Lipinski definition) is 2. The molecule has 2 aliphatic heterocycles. The van der Waals surface area contributed by atoms with Gasteiger partial charge in [-0.2, -0.15) is 0 Å². The number of rotatable bonds is 3. The number of benzene rings is 1. The SMILES string of the molecule is C[C@@H](O)[C@H]1C(=O)N2C(C(=O)O)=C(c3ccccc3)SC12. The maximum absolute atomic E-state index is 12.0. The van der Waals surface area contributed by atoms with Gasteiger partial charge in [-0.25, -0.2) is 4.79 Å².